The van der Waals surface area contributed by atoms with E-state index in [0.717, 1.165) is 28.8 Å². The second kappa shape index (κ2) is 6.95. The van der Waals surface area contributed by atoms with Gasteiger partial charge in [-0.15, -0.1) is 11.6 Å². The van der Waals surface area contributed by atoms with Crippen LogP contribution in [-0.2, 0) is 13.0 Å². The summed E-state index contributed by atoms with van der Waals surface area (Å²) in [6.45, 7) is 1.04. The minimum atomic E-state index is 0.622. The molecule has 1 atom stereocenters. The van der Waals surface area contributed by atoms with Gasteiger partial charge < -0.3 is 4.57 Å². The fraction of sp³-hybridized carbons (Fsp3) is 0.500. The molecule has 2 aromatic rings. The molecule has 6 heteroatoms. The van der Waals surface area contributed by atoms with E-state index in [2.05, 4.69) is 62.2 Å². The van der Waals surface area contributed by atoms with Crippen molar-refractivity contribution in [1.82, 2.24) is 9.55 Å². The lowest BCUT2D eigenvalue weighted by atomic mass is 10.3. The van der Waals surface area contributed by atoms with Crippen molar-refractivity contribution in [2.24, 2.45) is 0 Å². The van der Waals surface area contributed by atoms with Crippen LogP contribution in [0.1, 0.15) is 5.82 Å². The Labute approximate surface area is 141 Å². The lowest BCUT2D eigenvalue weighted by molar-refractivity contribution is 0.674. The van der Waals surface area contributed by atoms with Crippen LogP contribution >= 0.6 is 51.1 Å². The third kappa shape index (κ3) is 3.32. The molecule has 0 amide bonds. The summed E-state index contributed by atoms with van der Waals surface area (Å²) in [6.07, 6.45) is 0.832. The van der Waals surface area contributed by atoms with Crippen molar-refractivity contribution in [3.05, 3.63) is 28.5 Å². The van der Waals surface area contributed by atoms with Gasteiger partial charge in [0.15, 0.2) is 0 Å². The van der Waals surface area contributed by atoms with Crippen LogP contribution in [0.2, 0.25) is 0 Å². The molecular weight excluding hydrogens is 376 g/mol. The van der Waals surface area contributed by atoms with Crippen molar-refractivity contribution >= 4 is 62.1 Å². The quantitative estimate of drug-likeness (QED) is 0.718. The third-order valence-electron chi connectivity index (χ3n) is 3.38. The topological polar surface area (TPSA) is 17.8 Å². The number of fused-ring (bicyclic) bond motifs is 1. The smallest absolute Gasteiger partial charge is 0.111 e. The average Bonchev–Trinajstić information content (AvgIpc) is 2.77. The van der Waals surface area contributed by atoms with Crippen molar-refractivity contribution < 1.29 is 0 Å². The van der Waals surface area contributed by atoms with Crippen LogP contribution in [0.5, 0.6) is 0 Å². The SMILES string of the molecule is ClCCc1nc2cc(Br)ccc2n1CC1CSCCS1. The van der Waals surface area contributed by atoms with Gasteiger partial charge in [0.2, 0.25) is 0 Å². The number of nitrogens with zero attached hydrogens (tertiary/aromatic N) is 2. The molecular formula is C14H16BrClN2S2. The second-order valence-corrected chi connectivity index (χ2v) is 8.63. The van der Waals surface area contributed by atoms with Gasteiger partial charge in [0.1, 0.15) is 5.82 Å². The van der Waals surface area contributed by atoms with Gasteiger partial charge >= 0.3 is 0 Å². The van der Waals surface area contributed by atoms with Gasteiger partial charge in [0, 0.05) is 45.8 Å². The fourth-order valence-corrected chi connectivity index (χ4v) is 5.65. The summed E-state index contributed by atoms with van der Waals surface area (Å²) < 4.78 is 3.45. The molecule has 0 saturated carbocycles. The van der Waals surface area contributed by atoms with Gasteiger partial charge in [-0.3, -0.25) is 0 Å². The second-order valence-electron chi connectivity index (χ2n) is 4.78. The molecule has 3 rings (SSSR count). The van der Waals surface area contributed by atoms with Crippen molar-refractivity contribution in [1.29, 1.82) is 0 Å². The van der Waals surface area contributed by atoms with Crippen LogP contribution in [0.3, 0.4) is 0 Å². The first-order chi connectivity index (χ1) is 9.78. The predicted octanol–water partition coefficient (Wildman–Crippen LogP) is 4.43. The summed E-state index contributed by atoms with van der Waals surface area (Å²) >= 11 is 13.6. The number of thioether (sulfide) groups is 2. The van der Waals surface area contributed by atoms with E-state index in [4.69, 9.17) is 16.6 Å². The Morgan fingerprint density at radius 3 is 3.05 bits per heavy atom. The molecule has 1 fully saturated rings. The minimum absolute atomic E-state index is 0.622. The standard InChI is InChI=1S/C14H16BrClN2S2/c15-10-1-2-13-12(7-10)17-14(3-4-16)18(13)8-11-9-19-5-6-20-11/h1-2,7,11H,3-6,8-9H2. The number of benzene rings is 1. The number of alkyl halides is 1. The summed E-state index contributed by atoms with van der Waals surface area (Å²) in [6, 6.07) is 6.34. The zero-order valence-corrected chi connectivity index (χ0v) is 15.0. The van der Waals surface area contributed by atoms with Crippen molar-refractivity contribution in [3.8, 4) is 0 Å². The van der Waals surface area contributed by atoms with E-state index in [1.54, 1.807) is 0 Å². The number of halogens is 2. The summed E-state index contributed by atoms with van der Waals surface area (Å²) in [5.74, 6) is 5.52. The summed E-state index contributed by atoms with van der Waals surface area (Å²) in [7, 11) is 0. The highest BCUT2D eigenvalue weighted by molar-refractivity contribution is 9.10. The van der Waals surface area contributed by atoms with E-state index < -0.39 is 0 Å². The molecule has 2 nitrogen and oxygen atoms in total. The van der Waals surface area contributed by atoms with E-state index in [0.29, 0.717) is 11.1 Å². The zero-order valence-electron chi connectivity index (χ0n) is 11.0. The number of hydrogen-bond acceptors (Lipinski definition) is 3. The Morgan fingerprint density at radius 1 is 1.40 bits per heavy atom. The van der Waals surface area contributed by atoms with E-state index in [9.17, 15) is 0 Å². The normalized spacial score (nSPS) is 19.6. The lowest BCUT2D eigenvalue weighted by Gasteiger charge is -2.22. The molecule has 1 aliphatic heterocycles. The van der Waals surface area contributed by atoms with Gasteiger partial charge in [-0.25, -0.2) is 4.98 Å². The Kier molecular flexibility index (Phi) is 5.23. The van der Waals surface area contributed by atoms with Crippen molar-refractivity contribution in [3.63, 3.8) is 0 Å². The van der Waals surface area contributed by atoms with Crippen LogP contribution in [0, 0.1) is 0 Å². The number of rotatable bonds is 4. The molecule has 0 aliphatic carbocycles. The molecule has 0 N–H and O–H groups in total. The van der Waals surface area contributed by atoms with Gasteiger partial charge in [-0.2, -0.15) is 23.5 Å². The molecule has 1 aromatic heterocycles. The van der Waals surface area contributed by atoms with Gasteiger partial charge in [0.05, 0.1) is 11.0 Å². The maximum atomic E-state index is 5.94. The van der Waals surface area contributed by atoms with Crippen LogP contribution in [0.25, 0.3) is 11.0 Å². The Balaban J connectivity index is 1.95. The van der Waals surface area contributed by atoms with E-state index in [1.807, 2.05) is 0 Å². The van der Waals surface area contributed by atoms with Crippen LogP contribution < -0.4 is 0 Å². The number of aromatic nitrogens is 2. The van der Waals surface area contributed by atoms with Crippen LogP contribution in [0.4, 0.5) is 0 Å². The highest BCUT2D eigenvalue weighted by Crippen LogP contribution is 2.28. The molecule has 20 heavy (non-hydrogen) atoms. The summed E-state index contributed by atoms with van der Waals surface area (Å²) in [5.41, 5.74) is 2.29. The summed E-state index contributed by atoms with van der Waals surface area (Å²) in [5, 5.41) is 0.684. The van der Waals surface area contributed by atoms with Crippen molar-refractivity contribution in [2.75, 3.05) is 23.1 Å². The molecule has 1 unspecified atom stereocenters. The van der Waals surface area contributed by atoms with E-state index >= 15 is 0 Å². The van der Waals surface area contributed by atoms with Gasteiger partial charge in [-0.05, 0) is 18.2 Å². The number of imidazole rings is 1. The van der Waals surface area contributed by atoms with Crippen LogP contribution in [0.15, 0.2) is 22.7 Å². The highest BCUT2D eigenvalue weighted by atomic mass is 79.9. The molecule has 1 aromatic carbocycles. The minimum Gasteiger partial charge on any atom is -0.327 e. The first-order valence-corrected chi connectivity index (χ1v) is 10.2. The Bertz CT molecular complexity index is 596. The van der Waals surface area contributed by atoms with E-state index in [-0.39, 0.29) is 0 Å². The molecule has 1 aliphatic rings. The molecule has 0 bridgehead atoms. The van der Waals surface area contributed by atoms with Gasteiger partial charge in [0.25, 0.3) is 0 Å². The maximum absolute atomic E-state index is 5.94. The van der Waals surface area contributed by atoms with Gasteiger partial charge in [-0.1, -0.05) is 15.9 Å². The third-order valence-corrected chi connectivity index (χ3v) is 6.89. The molecule has 1 saturated heterocycles. The Hall–Kier alpha value is 0.160. The predicted molar refractivity (Wildman–Crippen MR) is 95.4 cm³/mol. The van der Waals surface area contributed by atoms with E-state index in [1.165, 1.54) is 22.8 Å². The monoisotopic (exact) mass is 390 g/mol. The average molecular weight is 392 g/mol. The lowest BCUT2D eigenvalue weighted by Crippen LogP contribution is -2.21. The molecule has 0 spiro atoms. The Morgan fingerprint density at radius 2 is 2.30 bits per heavy atom. The first kappa shape index (κ1) is 15.1. The highest BCUT2D eigenvalue weighted by Gasteiger charge is 2.18. The van der Waals surface area contributed by atoms with Crippen LogP contribution in [-0.4, -0.2) is 37.9 Å². The number of aryl methyl sites for hydroxylation is 1. The summed E-state index contributed by atoms with van der Waals surface area (Å²) in [4.78, 5) is 4.76. The molecule has 2 heterocycles. The van der Waals surface area contributed by atoms with Crippen molar-refractivity contribution in [2.45, 2.75) is 18.2 Å². The molecule has 108 valence electrons. The maximum Gasteiger partial charge on any atom is 0.111 e. The zero-order chi connectivity index (χ0) is 13.9. The molecule has 0 radical (unpaired) electrons. The first-order valence-electron chi connectivity index (χ1n) is 6.68. The largest absolute Gasteiger partial charge is 0.327 e. The number of hydrogen-bond donors (Lipinski definition) is 0. The fourth-order valence-electron chi connectivity index (χ4n) is 2.48.